The van der Waals surface area contributed by atoms with E-state index in [1.165, 1.54) is 4.90 Å². The Kier molecular flexibility index (Phi) is 5.44. The summed E-state index contributed by atoms with van der Waals surface area (Å²) in [6.45, 7) is 5.22. The Hall–Kier alpha value is -1.26. The molecule has 2 atom stereocenters. The van der Waals surface area contributed by atoms with Gasteiger partial charge in [-0.25, -0.2) is 9.59 Å². The van der Waals surface area contributed by atoms with Crippen LogP contribution in [0, 0.1) is 5.92 Å². The number of hydrogen-bond acceptors (Lipinski definition) is 2. The summed E-state index contributed by atoms with van der Waals surface area (Å²) in [5, 5.41) is 9.27. The van der Waals surface area contributed by atoms with Crippen molar-refractivity contribution in [2.45, 2.75) is 45.6 Å². The Morgan fingerprint density at radius 3 is 2.67 bits per heavy atom. The molecule has 0 bridgehead atoms. The van der Waals surface area contributed by atoms with Crippen LogP contribution in [0.25, 0.3) is 0 Å². The highest BCUT2D eigenvalue weighted by Crippen LogP contribution is 2.24. The Labute approximate surface area is 109 Å². The van der Waals surface area contributed by atoms with Crippen LogP contribution in [-0.4, -0.2) is 53.1 Å². The number of aliphatic carboxylic acids is 1. The average Bonchev–Trinajstić information content (AvgIpc) is 2.34. The first kappa shape index (κ1) is 14.8. The van der Waals surface area contributed by atoms with E-state index in [0.29, 0.717) is 13.1 Å². The smallest absolute Gasteiger partial charge is 0.326 e. The number of urea groups is 1. The molecule has 0 aromatic heterocycles. The van der Waals surface area contributed by atoms with E-state index < -0.39 is 12.0 Å². The molecule has 1 rings (SSSR count). The van der Waals surface area contributed by atoms with E-state index in [9.17, 15) is 14.7 Å². The molecule has 1 aliphatic heterocycles. The van der Waals surface area contributed by atoms with Crippen molar-refractivity contribution in [2.75, 3.05) is 20.1 Å². The molecular formula is C13H24N2O3. The average molecular weight is 256 g/mol. The molecule has 1 N–H and O–H groups in total. The van der Waals surface area contributed by atoms with Crippen LogP contribution in [0.15, 0.2) is 0 Å². The number of amides is 2. The predicted octanol–water partition coefficient (Wildman–Crippen LogP) is 2.02. The van der Waals surface area contributed by atoms with E-state index >= 15 is 0 Å². The zero-order valence-electron chi connectivity index (χ0n) is 11.6. The van der Waals surface area contributed by atoms with Crippen molar-refractivity contribution >= 4 is 12.0 Å². The third-order valence-electron chi connectivity index (χ3n) is 3.61. The fourth-order valence-corrected chi connectivity index (χ4v) is 2.49. The van der Waals surface area contributed by atoms with Crippen LogP contribution in [0.1, 0.15) is 39.5 Å². The topological polar surface area (TPSA) is 60.9 Å². The molecule has 0 spiro atoms. The molecule has 5 nitrogen and oxygen atoms in total. The van der Waals surface area contributed by atoms with Gasteiger partial charge in [-0.1, -0.05) is 20.3 Å². The summed E-state index contributed by atoms with van der Waals surface area (Å²) in [7, 11) is 1.75. The minimum atomic E-state index is -0.889. The SMILES string of the molecule is CCCCN(C)C(=O)N1CCCC(C)C1C(=O)O. The molecule has 2 amide bonds. The maximum Gasteiger partial charge on any atom is 0.326 e. The van der Waals surface area contributed by atoms with Gasteiger partial charge in [-0.2, -0.15) is 0 Å². The summed E-state index contributed by atoms with van der Waals surface area (Å²) in [5.41, 5.74) is 0. The van der Waals surface area contributed by atoms with E-state index in [0.717, 1.165) is 25.7 Å². The van der Waals surface area contributed by atoms with Crippen molar-refractivity contribution in [1.82, 2.24) is 9.80 Å². The van der Waals surface area contributed by atoms with E-state index in [-0.39, 0.29) is 11.9 Å². The zero-order chi connectivity index (χ0) is 13.7. The maximum atomic E-state index is 12.3. The van der Waals surface area contributed by atoms with E-state index in [4.69, 9.17) is 0 Å². The molecular weight excluding hydrogens is 232 g/mol. The van der Waals surface area contributed by atoms with Crippen molar-refractivity contribution < 1.29 is 14.7 Å². The molecule has 0 aliphatic carbocycles. The largest absolute Gasteiger partial charge is 0.480 e. The van der Waals surface area contributed by atoms with Crippen molar-refractivity contribution in [3.63, 3.8) is 0 Å². The number of hydrogen-bond donors (Lipinski definition) is 1. The first-order valence-electron chi connectivity index (χ1n) is 6.73. The summed E-state index contributed by atoms with van der Waals surface area (Å²) < 4.78 is 0. The molecule has 104 valence electrons. The van der Waals surface area contributed by atoms with Crippen LogP contribution < -0.4 is 0 Å². The molecule has 1 heterocycles. The minimum absolute atomic E-state index is 0.0276. The van der Waals surface area contributed by atoms with Gasteiger partial charge in [-0.15, -0.1) is 0 Å². The highest BCUT2D eigenvalue weighted by atomic mass is 16.4. The second-order valence-corrected chi connectivity index (χ2v) is 5.15. The number of piperidine rings is 1. The van der Waals surface area contributed by atoms with Crippen LogP contribution in [0.4, 0.5) is 4.79 Å². The normalized spacial score (nSPS) is 23.8. The second-order valence-electron chi connectivity index (χ2n) is 5.15. The van der Waals surface area contributed by atoms with Crippen LogP contribution >= 0.6 is 0 Å². The van der Waals surface area contributed by atoms with E-state index in [2.05, 4.69) is 6.92 Å². The molecule has 1 fully saturated rings. The molecule has 0 saturated carbocycles. The van der Waals surface area contributed by atoms with Gasteiger partial charge in [0.15, 0.2) is 0 Å². The first-order chi connectivity index (χ1) is 8.49. The van der Waals surface area contributed by atoms with Crippen LogP contribution in [0.2, 0.25) is 0 Å². The number of carbonyl (C=O) groups is 2. The Morgan fingerprint density at radius 2 is 2.11 bits per heavy atom. The van der Waals surface area contributed by atoms with E-state index in [1.54, 1.807) is 11.9 Å². The fraction of sp³-hybridized carbons (Fsp3) is 0.846. The minimum Gasteiger partial charge on any atom is -0.480 e. The summed E-state index contributed by atoms with van der Waals surface area (Å²) in [5.74, 6) is -0.862. The number of rotatable bonds is 4. The first-order valence-corrected chi connectivity index (χ1v) is 6.73. The van der Waals surface area contributed by atoms with Crippen molar-refractivity contribution in [3.8, 4) is 0 Å². The number of carboxylic acid groups (broad SMARTS) is 1. The van der Waals surface area contributed by atoms with Crippen molar-refractivity contribution in [1.29, 1.82) is 0 Å². The lowest BCUT2D eigenvalue weighted by Crippen LogP contribution is -2.55. The van der Waals surface area contributed by atoms with Gasteiger partial charge in [-0.3, -0.25) is 0 Å². The van der Waals surface area contributed by atoms with Gasteiger partial charge in [0.25, 0.3) is 0 Å². The highest BCUT2D eigenvalue weighted by molar-refractivity contribution is 5.83. The maximum absolute atomic E-state index is 12.3. The molecule has 1 saturated heterocycles. The van der Waals surface area contributed by atoms with Crippen molar-refractivity contribution in [2.24, 2.45) is 5.92 Å². The summed E-state index contributed by atoms with van der Waals surface area (Å²) in [6, 6.07) is -0.822. The molecule has 5 heteroatoms. The third kappa shape index (κ3) is 3.37. The lowest BCUT2D eigenvalue weighted by molar-refractivity contribution is -0.145. The molecule has 1 aliphatic rings. The quantitative estimate of drug-likeness (QED) is 0.837. The number of likely N-dealkylation sites (tertiary alicyclic amines) is 1. The molecule has 18 heavy (non-hydrogen) atoms. The predicted molar refractivity (Wildman–Crippen MR) is 69.5 cm³/mol. The van der Waals surface area contributed by atoms with Crippen LogP contribution in [-0.2, 0) is 4.79 Å². The number of nitrogens with zero attached hydrogens (tertiary/aromatic N) is 2. The Balaban J connectivity index is 2.71. The van der Waals surface area contributed by atoms with Gasteiger partial charge in [0.1, 0.15) is 6.04 Å². The summed E-state index contributed by atoms with van der Waals surface area (Å²) in [4.78, 5) is 26.7. The van der Waals surface area contributed by atoms with Gasteiger partial charge in [0, 0.05) is 20.1 Å². The highest BCUT2D eigenvalue weighted by Gasteiger charge is 2.37. The Morgan fingerprint density at radius 1 is 1.44 bits per heavy atom. The van der Waals surface area contributed by atoms with Crippen LogP contribution in [0.5, 0.6) is 0 Å². The molecule has 2 unspecified atom stereocenters. The van der Waals surface area contributed by atoms with Crippen molar-refractivity contribution in [3.05, 3.63) is 0 Å². The van der Waals surface area contributed by atoms with Gasteiger partial charge < -0.3 is 14.9 Å². The van der Waals surface area contributed by atoms with Gasteiger partial charge in [0.05, 0.1) is 0 Å². The van der Waals surface area contributed by atoms with Crippen LogP contribution in [0.3, 0.4) is 0 Å². The number of carbonyl (C=O) groups excluding carboxylic acids is 1. The lowest BCUT2D eigenvalue weighted by atomic mass is 9.91. The number of unbranched alkanes of at least 4 members (excludes halogenated alkanes) is 1. The Bertz CT molecular complexity index is 307. The monoisotopic (exact) mass is 256 g/mol. The van der Waals surface area contributed by atoms with Gasteiger partial charge in [0.2, 0.25) is 0 Å². The molecule has 0 radical (unpaired) electrons. The summed E-state index contributed by atoms with van der Waals surface area (Å²) in [6.07, 6.45) is 3.73. The zero-order valence-corrected chi connectivity index (χ0v) is 11.6. The third-order valence-corrected chi connectivity index (χ3v) is 3.61. The molecule has 0 aromatic carbocycles. The fourth-order valence-electron chi connectivity index (χ4n) is 2.49. The summed E-state index contributed by atoms with van der Waals surface area (Å²) >= 11 is 0. The lowest BCUT2D eigenvalue weighted by Gasteiger charge is -2.39. The van der Waals surface area contributed by atoms with Gasteiger partial charge in [-0.05, 0) is 25.2 Å². The standard InChI is InChI=1S/C13H24N2O3/c1-4-5-8-14(3)13(18)15-9-6-7-10(2)11(15)12(16)17/h10-11H,4-9H2,1-3H3,(H,16,17). The molecule has 0 aromatic rings. The second kappa shape index (κ2) is 6.61. The van der Waals surface area contributed by atoms with E-state index in [1.807, 2.05) is 6.92 Å². The van der Waals surface area contributed by atoms with Gasteiger partial charge >= 0.3 is 12.0 Å². The number of carboxylic acids is 1.